The van der Waals surface area contributed by atoms with Gasteiger partial charge < -0.3 is 0 Å². The Balaban J connectivity index is 2.35. The number of rotatable bonds is 4. The molecule has 0 amide bonds. The van der Waals surface area contributed by atoms with Gasteiger partial charge in [0.05, 0.1) is 5.38 Å². The topological polar surface area (TPSA) is 0 Å². The van der Waals surface area contributed by atoms with Crippen molar-refractivity contribution >= 4 is 27.5 Å². The minimum Gasteiger partial charge on any atom is -0.207 e. The van der Waals surface area contributed by atoms with Crippen LogP contribution in [0.5, 0.6) is 0 Å². The van der Waals surface area contributed by atoms with Crippen molar-refractivity contribution in [1.29, 1.82) is 0 Å². The third-order valence-corrected chi connectivity index (χ3v) is 5.28. The van der Waals surface area contributed by atoms with Crippen molar-refractivity contribution < 1.29 is 4.39 Å². The van der Waals surface area contributed by atoms with Crippen LogP contribution < -0.4 is 0 Å². The molecule has 2 aromatic rings. The summed E-state index contributed by atoms with van der Waals surface area (Å²) < 4.78 is 14.7. The van der Waals surface area contributed by atoms with Crippen LogP contribution >= 0.6 is 27.5 Å². The lowest BCUT2D eigenvalue weighted by molar-refractivity contribution is 0.506. The largest absolute Gasteiger partial charge is 0.207 e. The normalized spacial score (nSPS) is 13.2. The first-order valence-electron chi connectivity index (χ1n) is 7.05. The number of halogens is 3. The average molecular weight is 370 g/mol. The van der Waals surface area contributed by atoms with E-state index in [9.17, 15) is 4.39 Å². The van der Waals surface area contributed by atoms with E-state index in [0.717, 1.165) is 12.0 Å². The lowest BCUT2D eigenvalue weighted by Gasteiger charge is -2.24. The van der Waals surface area contributed by atoms with Gasteiger partial charge in [-0.15, -0.1) is 11.6 Å². The van der Waals surface area contributed by atoms with Gasteiger partial charge in [0, 0.05) is 10.0 Å². The van der Waals surface area contributed by atoms with Crippen LogP contribution in [-0.4, -0.2) is 0 Å². The molecule has 2 rings (SSSR count). The summed E-state index contributed by atoms with van der Waals surface area (Å²) >= 11 is 9.85. The third-order valence-electron chi connectivity index (χ3n) is 4.12. The van der Waals surface area contributed by atoms with Crippen molar-refractivity contribution in [2.45, 2.75) is 38.0 Å². The fourth-order valence-electron chi connectivity index (χ4n) is 2.23. The van der Waals surface area contributed by atoms with E-state index in [4.69, 9.17) is 11.6 Å². The van der Waals surface area contributed by atoms with Gasteiger partial charge in [0.15, 0.2) is 0 Å². The predicted octanol–water partition coefficient (Wildman–Crippen LogP) is 6.60. The maximum Gasteiger partial charge on any atom is 0.129 e. The monoisotopic (exact) mass is 368 g/mol. The van der Waals surface area contributed by atoms with Crippen molar-refractivity contribution in [1.82, 2.24) is 0 Å². The van der Waals surface area contributed by atoms with Crippen LogP contribution in [0.3, 0.4) is 0 Å². The summed E-state index contributed by atoms with van der Waals surface area (Å²) in [5.74, 6) is -0.290. The Morgan fingerprint density at radius 2 is 1.76 bits per heavy atom. The minimum absolute atomic E-state index is 0.138. The fraction of sp³-hybridized carbons (Fsp3) is 0.333. The molecule has 21 heavy (non-hydrogen) atoms. The van der Waals surface area contributed by atoms with Crippen LogP contribution in [0.15, 0.2) is 46.9 Å². The molecule has 112 valence electrons. The SMILES string of the molecule is CCC(C)(C)c1ccc(C(Cl)c2c(F)cccc2Br)cc1. The molecule has 0 nitrogen and oxygen atoms in total. The number of benzene rings is 2. The minimum atomic E-state index is -0.501. The van der Waals surface area contributed by atoms with Crippen molar-refractivity contribution in [3.8, 4) is 0 Å². The van der Waals surface area contributed by atoms with E-state index in [0.29, 0.717) is 10.0 Å². The Morgan fingerprint density at radius 1 is 1.14 bits per heavy atom. The summed E-state index contributed by atoms with van der Waals surface area (Å²) in [6.07, 6.45) is 1.06. The van der Waals surface area contributed by atoms with Crippen LogP contribution in [0.2, 0.25) is 0 Å². The standard InChI is InChI=1S/C18H19BrClF/c1-4-18(2,3)13-10-8-12(9-11-13)17(20)16-14(19)6-5-7-15(16)21/h5-11,17H,4H2,1-3H3. The van der Waals surface area contributed by atoms with Crippen LogP contribution in [-0.2, 0) is 5.41 Å². The molecule has 0 N–H and O–H groups in total. The molecule has 0 aliphatic heterocycles. The second-order valence-electron chi connectivity index (χ2n) is 5.86. The van der Waals surface area contributed by atoms with E-state index in [2.05, 4.69) is 48.8 Å². The highest BCUT2D eigenvalue weighted by atomic mass is 79.9. The predicted molar refractivity (Wildman–Crippen MR) is 91.6 cm³/mol. The molecular formula is C18H19BrClF. The number of alkyl halides is 1. The molecule has 0 spiro atoms. The zero-order valence-corrected chi connectivity index (χ0v) is 14.8. The zero-order chi connectivity index (χ0) is 15.6. The maximum absolute atomic E-state index is 14.0. The lowest BCUT2D eigenvalue weighted by atomic mass is 9.82. The molecule has 0 aliphatic rings. The van der Waals surface area contributed by atoms with Crippen molar-refractivity contribution in [3.05, 3.63) is 69.4 Å². The van der Waals surface area contributed by atoms with E-state index in [1.54, 1.807) is 6.07 Å². The van der Waals surface area contributed by atoms with Crippen LogP contribution in [0.1, 0.15) is 49.3 Å². The first-order chi connectivity index (χ1) is 9.86. The molecular weight excluding hydrogens is 351 g/mol. The highest BCUT2D eigenvalue weighted by molar-refractivity contribution is 9.10. The van der Waals surface area contributed by atoms with Gasteiger partial charge in [-0.25, -0.2) is 4.39 Å². The quantitative estimate of drug-likeness (QED) is 0.532. The van der Waals surface area contributed by atoms with E-state index in [1.165, 1.54) is 11.6 Å². The van der Waals surface area contributed by atoms with Crippen LogP contribution in [0, 0.1) is 5.82 Å². The van der Waals surface area contributed by atoms with Gasteiger partial charge in [0.25, 0.3) is 0 Å². The molecule has 0 heterocycles. The summed E-state index contributed by atoms with van der Waals surface area (Å²) in [5.41, 5.74) is 2.80. The molecule has 3 heteroatoms. The highest BCUT2D eigenvalue weighted by Gasteiger charge is 2.21. The smallest absolute Gasteiger partial charge is 0.129 e. The zero-order valence-electron chi connectivity index (χ0n) is 12.5. The fourth-order valence-corrected chi connectivity index (χ4v) is 3.30. The van der Waals surface area contributed by atoms with E-state index in [1.807, 2.05) is 18.2 Å². The summed E-state index contributed by atoms with van der Waals surface area (Å²) in [6.45, 7) is 6.61. The number of hydrogen-bond donors (Lipinski definition) is 0. The first-order valence-corrected chi connectivity index (χ1v) is 8.28. The lowest BCUT2D eigenvalue weighted by Crippen LogP contribution is -2.15. The highest BCUT2D eigenvalue weighted by Crippen LogP contribution is 2.36. The summed E-state index contributed by atoms with van der Waals surface area (Å²) in [6, 6.07) is 13.1. The molecule has 1 atom stereocenters. The molecule has 0 saturated heterocycles. The van der Waals surface area contributed by atoms with Crippen molar-refractivity contribution in [2.75, 3.05) is 0 Å². The van der Waals surface area contributed by atoms with E-state index in [-0.39, 0.29) is 11.2 Å². The van der Waals surface area contributed by atoms with Crippen molar-refractivity contribution in [3.63, 3.8) is 0 Å². The van der Waals surface area contributed by atoms with E-state index < -0.39 is 5.38 Å². The molecule has 0 aliphatic carbocycles. The Hall–Kier alpha value is -0.860. The number of hydrogen-bond acceptors (Lipinski definition) is 0. The Labute approximate surface area is 139 Å². The molecule has 2 aromatic carbocycles. The average Bonchev–Trinajstić information content (AvgIpc) is 2.47. The van der Waals surface area contributed by atoms with Gasteiger partial charge in [0.2, 0.25) is 0 Å². The molecule has 1 unspecified atom stereocenters. The maximum atomic E-state index is 14.0. The van der Waals surface area contributed by atoms with Crippen LogP contribution in [0.25, 0.3) is 0 Å². The summed E-state index contributed by atoms with van der Waals surface area (Å²) in [4.78, 5) is 0. The summed E-state index contributed by atoms with van der Waals surface area (Å²) in [5, 5.41) is -0.501. The first kappa shape index (κ1) is 16.5. The molecule has 0 bridgehead atoms. The van der Waals surface area contributed by atoms with Crippen molar-refractivity contribution in [2.24, 2.45) is 0 Å². The molecule has 0 saturated carbocycles. The second-order valence-corrected chi connectivity index (χ2v) is 7.15. The van der Waals surface area contributed by atoms with Gasteiger partial charge in [-0.2, -0.15) is 0 Å². The van der Waals surface area contributed by atoms with Gasteiger partial charge in [-0.1, -0.05) is 67.0 Å². The Kier molecular flexibility index (Phi) is 5.11. The molecule has 0 fully saturated rings. The Bertz CT molecular complexity index is 599. The molecule has 0 aromatic heterocycles. The second kappa shape index (κ2) is 6.50. The summed E-state index contributed by atoms with van der Waals surface area (Å²) in [7, 11) is 0. The van der Waals surface area contributed by atoms with Gasteiger partial charge in [0.1, 0.15) is 5.82 Å². The van der Waals surface area contributed by atoms with E-state index >= 15 is 0 Å². The third kappa shape index (κ3) is 3.49. The van der Waals surface area contributed by atoms with Gasteiger partial charge >= 0.3 is 0 Å². The van der Waals surface area contributed by atoms with Gasteiger partial charge in [-0.05, 0) is 35.1 Å². The molecule has 0 radical (unpaired) electrons. The Morgan fingerprint density at radius 3 is 2.29 bits per heavy atom. The van der Waals surface area contributed by atoms with Crippen LogP contribution in [0.4, 0.5) is 4.39 Å². The van der Waals surface area contributed by atoms with Gasteiger partial charge in [-0.3, -0.25) is 0 Å².